The smallest absolute Gasteiger partial charge is 0.333 e. The summed E-state index contributed by atoms with van der Waals surface area (Å²) >= 11 is 0. The van der Waals surface area contributed by atoms with Crippen molar-refractivity contribution >= 4 is 59.6 Å². The zero-order chi connectivity index (χ0) is 76.1. The molecule has 0 aromatic heterocycles. The molecule has 6 aromatic rings. The summed E-state index contributed by atoms with van der Waals surface area (Å²) in [5.41, 5.74) is 4.18. The van der Waals surface area contributed by atoms with E-state index in [1.165, 1.54) is 47.8 Å². The number of benzene rings is 6. The zero-order valence-corrected chi connectivity index (χ0v) is 60.6. The Morgan fingerprint density at radius 2 is 0.641 bits per heavy atom. The standard InChI is InChI=1S/C28H33NO5.C27H30O8.C27H32O7/c1-6-19-29(20-7-2)26(31)17-18-28(5,22-9-13-24(14-10-22)33-21(4)30)23-11-15-25(16-12-23)34-27(32)8-3;1-18(2)26(31)33-17-16-32-25(30)14-15-27(5,21-6-10-23(11-7-21)34-19(3)28)22-8-12-24(13-9-22)35-20(4)29;1-5-31-18-6-7-19-32-26(30)16-17-27(4,22-8-12-24(13-9-22)33-20(2)28)23-10-14-25(15-11-23)34-21(3)29/h6-7,9-16H,1-2,8,17-20H2,3-5H3;6-13H,1,14-17H2,2-5H3;5,8-15H,1,6-7,16-19H2,2-4H3. The Labute approximate surface area is 603 Å². The number of hydrogen-bond donors (Lipinski definition) is 0. The summed E-state index contributed by atoms with van der Waals surface area (Å²) in [5.74, 6) is -0.889. The maximum Gasteiger partial charge on any atom is 0.333 e. The highest BCUT2D eigenvalue weighted by molar-refractivity contribution is 5.87. The second kappa shape index (κ2) is 42.8. The van der Waals surface area contributed by atoms with Crippen LogP contribution in [0.3, 0.4) is 0 Å². The highest BCUT2D eigenvalue weighted by atomic mass is 16.6. The molecule has 1 unspecified atom stereocenters. The van der Waals surface area contributed by atoms with Crippen molar-refractivity contribution in [3.8, 4) is 34.5 Å². The molecule has 0 aliphatic heterocycles. The van der Waals surface area contributed by atoms with E-state index in [-0.39, 0.29) is 55.4 Å². The molecule has 548 valence electrons. The molecule has 0 spiro atoms. The van der Waals surface area contributed by atoms with E-state index in [1.807, 2.05) is 86.6 Å². The van der Waals surface area contributed by atoms with Crippen LogP contribution in [0.4, 0.5) is 0 Å². The Hall–Kier alpha value is -11.2. The molecule has 0 fully saturated rings. The van der Waals surface area contributed by atoms with E-state index in [4.69, 9.17) is 47.4 Å². The summed E-state index contributed by atoms with van der Waals surface area (Å²) in [7, 11) is 0. The lowest BCUT2D eigenvalue weighted by Crippen LogP contribution is -2.33. The quantitative estimate of drug-likeness (QED) is 0.00673. The number of rotatable bonds is 36. The van der Waals surface area contributed by atoms with Crippen molar-refractivity contribution in [2.75, 3.05) is 39.5 Å². The fourth-order valence-corrected chi connectivity index (χ4v) is 10.7. The van der Waals surface area contributed by atoms with Crippen molar-refractivity contribution in [3.63, 3.8) is 0 Å². The zero-order valence-electron chi connectivity index (χ0n) is 60.6. The van der Waals surface area contributed by atoms with Crippen molar-refractivity contribution in [1.82, 2.24) is 4.90 Å². The van der Waals surface area contributed by atoms with Crippen LogP contribution in [-0.4, -0.2) is 104 Å². The number of carbonyl (C=O) groups excluding carboxylic acids is 10. The summed E-state index contributed by atoms with van der Waals surface area (Å²) in [5, 5.41) is 0. The van der Waals surface area contributed by atoms with Gasteiger partial charge in [-0.25, -0.2) is 4.79 Å². The molecule has 1 amide bonds. The molecule has 0 N–H and O–H groups in total. The van der Waals surface area contributed by atoms with Gasteiger partial charge < -0.3 is 52.3 Å². The minimum absolute atomic E-state index is 0.0102. The first-order valence-electron chi connectivity index (χ1n) is 33.6. The van der Waals surface area contributed by atoms with E-state index in [0.29, 0.717) is 99.3 Å². The molecule has 0 aliphatic rings. The normalized spacial score (nSPS) is 11.2. The third-order valence-electron chi connectivity index (χ3n) is 16.3. The van der Waals surface area contributed by atoms with Crippen LogP contribution in [0.5, 0.6) is 34.5 Å². The van der Waals surface area contributed by atoms with Crippen molar-refractivity contribution < 1.29 is 95.3 Å². The van der Waals surface area contributed by atoms with Gasteiger partial charge >= 0.3 is 53.7 Å². The predicted octanol–water partition coefficient (Wildman–Crippen LogP) is 14.6. The first-order valence-corrected chi connectivity index (χ1v) is 33.6. The first-order chi connectivity index (χ1) is 49.0. The van der Waals surface area contributed by atoms with Crippen molar-refractivity contribution in [1.29, 1.82) is 0 Å². The van der Waals surface area contributed by atoms with Crippen molar-refractivity contribution in [3.05, 3.63) is 229 Å². The number of esters is 9. The van der Waals surface area contributed by atoms with Gasteiger partial charge in [-0.3, -0.25) is 43.2 Å². The molecule has 21 nitrogen and oxygen atoms in total. The Morgan fingerprint density at radius 1 is 0.369 bits per heavy atom. The fourth-order valence-electron chi connectivity index (χ4n) is 10.7. The number of nitrogens with zero attached hydrogens (tertiary/aromatic N) is 1. The number of amides is 1. The van der Waals surface area contributed by atoms with E-state index in [0.717, 1.165) is 39.8 Å². The monoisotopic (exact) mass is 1410 g/mol. The largest absolute Gasteiger partial charge is 0.502 e. The van der Waals surface area contributed by atoms with Crippen LogP contribution < -0.4 is 28.4 Å². The van der Waals surface area contributed by atoms with Gasteiger partial charge in [-0.15, -0.1) is 13.2 Å². The van der Waals surface area contributed by atoms with Crippen LogP contribution in [-0.2, 0) is 83.1 Å². The minimum atomic E-state index is -0.616. The fraction of sp³-hybridized carbons (Fsp3) is 0.341. The molecule has 21 heteroatoms. The van der Waals surface area contributed by atoms with E-state index >= 15 is 0 Å². The van der Waals surface area contributed by atoms with Crippen molar-refractivity contribution in [2.45, 2.75) is 143 Å². The average molecular weight is 1410 g/mol. The van der Waals surface area contributed by atoms with Crippen LogP contribution >= 0.6 is 0 Å². The van der Waals surface area contributed by atoms with Crippen LogP contribution in [0.1, 0.15) is 160 Å². The second-order valence-corrected chi connectivity index (χ2v) is 24.4. The minimum Gasteiger partial charge on any atom is -0.502 e. The summed E-state index contributed by atoms with van der Waals surface area (Å²) < 4.78 is 51.6. The summed E-state index contributed by atoms with van der Waals surface area (Å²) in [6.07, 6.45) is 8.64. The molecular formula is C82H95NO20. The van der Waals surface area contributed by atoms with E-state index < -0.39 is 52.1 Å². The van der Waals surface area contributed by atoms with Crippen molar-refractivity contribution in [2.24, 2.45) is 0 Å². The molecule has 6 aromatic carbocycles. The number of hydrogen-bond acceptors (Lipinski definition) is 20. The van der Waals surface area contributed by atoms with E-state index in [1.54, 1.807) is 96.8 Å². The average Bonchev–Trinajstić information content (AvgIpc) is 0.803. The molecule has 0 aliphatic carbocycles. The molecule has 0 bridgehead atoms. The van der Waals surface area contributed by atoms with Gasteiger partial charge in [0.05, 0.1) is 19.5 Å². The number of carbonyl (C=O) groups is 10. The molecule has 0 heterocycles. The Bertz CT molecular complexity index is 3710. The topological polar surface area (TPSA) is 266 Å². The van der Waals surface area contributed by atoms with Gasteiger partial charge in [0, 0.05) is 95.2 Å². The second-order valence-electron chi connectivity index (χ2n) is 24.4. The van der Waals surface area contributed by atoms with Gasteiger partial charge in [0.2, 0.25) is 5.91 Å². The maximum absolute atomic E-state index is 12.9. The molecule has 6 rings (SSSR count). The molecule has 0 radical (unpaired) electrons. The summed E-state index contributed by atoms with van der Waals surface area (Å²) in [4.78, 5) is 119. The van der Waals surface area contributed by atoms with Gasteiger partial charge in [0.25, 0.3) is 0 Å². The molecule has 103 heavy (non-hydrogen) atoms. The third-order valence-corrected chi connectivity index (χ3v) is 16.3. The molecule has 1 atom stereocenters. The highest BCUT2D eigenvalue weighted by Crippen LogP contribution is 2.41. The number of ether oxygens (including phenoxy) is 10. The van der Waals surface area contributed by atoms with Crippen LogP contribution in [0.15, 0.2) is 196 Å². The van der Waals surface area contributed by atoms with Gasteiger partial charge in [-0.2, -0.15) is 0 Å². The number of unbranched alkanes of at least 4 members (excludes halogenated alkanes) is 1. The molecule has 0 saturated carbocycles. The van der Waals surface area contributed by atoms with Gasteiger partial charge in [-0.05, 0) is 145 Å². The SMILES string of the molecule is C=C(C)C(=O)OCCOC(=O)CCC(C)(c1ccc(OC(C)=O)cc1)c1ccc(OC(C)=O)cc1.C=CCN(CC=C)C(=O)CCC(C)(c1ccc(OC(C)=O)cc1)c1ccc(OC(=O)CC)cc1.C=COCCCCOC(=O)CCC(C)(c1ccc(OC(C)=O)cc1)c1ccc(OC(C)=O)cc1. The van der Waals surface area contributed by atoms with Crippen LogP contribution in [0.25, 0.3) is 0 Å². The molecule has 0 saturated heterocycles. The van der Waals surface area contributed by atoms with Gasteiger partial charge in [0.15, 0.2) is 0 Å². The Balaban J connectivity index is 0.000000327. The highest BCUT2D eigenvalue weighted by Gasteiger charge is 2.34. The Morgan fingerprint density at radius 3 is 0.913 bits per heavy atom. The van der Waals surface area contributed by atoms with Gasteiger partial charge in [0.1, 0.15) is 47.7 Å². The lowest BCUT2D eigenvalue weighted by molar-refractivity contribution is -0.150. The summed E-state index contributed by atoms with van der Waals surface area (Å²) in [6.45, 7) is 32.2. The summed E-state index contributed by atoms with van der Waals surface area (Å²) in [6, 6.07) is 43.2. The van der Waals surface area contributed by atoms with Crippen LogP contribution in [0.2, 0.25) is 0 Å². The lowest BCUT2D eigenvalue weighted by atomic mass is 9.73. The maximum atomic E-state index is 12.9. The molecular weight excluding hydrogens is 1320 g/mol. The third kappa shape index (κ3) is 28.7. The van der Waals surface area contributed by atoms with E-state index in [2.05, 4.69) is 33.2 Å². The predicted molar refractivity (Wildman–Crippen MR) is 388 cm³/mol. The first kappa shape index (κ1) is 84.2. The lowest BCUT2D eigenvalue weighted by Gasteiger charge is -2.32. The Kier molecular flexibility index (Phi) is 35.0. The van der Waals surface area contributed by atoms with E-state index in [9.17, 15) is 47.9 Å². The van der Waals surface area contributed by atoms with Gasteiger partial charge in [-0.1, -0.05) is 126 Å². The van der Waals surface area contributed by atoms with Crippen LogP contribution in [0, 0.1) is 0 Å².